The Morgan fingerprint density at radius 3 is 2.85 bits per heavy atom. The smallest absolute Gasteiger partial charge is 0.257 e. The van der Waals surface area contributed by atoms with Crippen LogP contribution in [0, 0.1) is 5.92 Å². The highest BCUT2D eigenvalue weighted by atomic mass is 16.5. The number of piperidine rings is 1. The lowest BCUT2D eigenvalue weighted by Gasteiger charge is -2.32. The largest absolute Gasteiger partial charge is 0.497 e. The average Bonchev–Trinajstić information content (AvgIpc) is 3.21. The second kappa shape index (κ2) is 8.68. The average molecular weight is 371 g/mol. The van der Waals surface area contributed by atoms with Crippen LogP contribution in [-0.4, -0.2) is 60.2 Å². The van der Waals surface area contributed by atoms with Crippen molar-refractivity contribution in [2.45, 2.75) is 12.8 Å². The molecule has 8 nitrogen and oxygen atoms in total. The monoisotopic (exact) mass is 371 g/mol. The van der Waals surface area contributed by atoms with Gasteiger partial charge in [0.15, 0.2) is 0 Å². The van der Waals surface area contributed by atoms with Crippen LogP contribution in [-0.2, 0) is 4.79 Å². The van der Waals surface area contributed by atoms with E-state index in [-0.39, 0.29) is 17.7 Å². The van der Waals surface area contributed by atoms with E-state index in [1.54, 1.807) is 18.2 Å². The number of rotatable bonds is 6. The second-order valence-corrected chi connectivity index (χ2v) is 6.56. The summed E-state index contributed by atoms with van der Waals surface area (Å²) in [6, 6.07) is 7.43. The van der Waals surface area contributed by atoms with E-state index in [9.17, 15) is 9.59 Å². The molecule has 0 spiro atoms. The van der Waals surface area contributed by atoms with Crippen molar-refractivity contribution in [3.63, 3.8) is 0 Å². The highest BCUT2D eigenvalue weighted by Gasteiger charge is 2.30. The molecule has 2 heterocycles. The number of hydrogen-bond donors (Lipinski definition) is 3. The first kappa shape index (κ1) is 18.9. The number of benzene rings is 1. The van der Waals surface area contributed by atoms with Crippen LogP contribution in [0.5, 0.6) is 5.75 Å². The molecule has 0 saturated carbocycles. The Labute approximate surface area is 158 Å². The lowest BCUT2D eigenvalue weighted by Crippen LogP contribution is -2.46. The van der Waals surface area contributed by atoms with Crippen LogP contribution in [0.1, 0.15) is 23.2 Å². The van der Waals surface area contributed by atoms with Gasteiger partial charge in [-0.15, -0.1) is 0 Å². The number of nitrogens with zero attached hydrogens (tertiary/aromatic N) is 2. The number of ether oxygens (including phenoxy) is 1. The summed E-state index contributed by atoms with van der Waals surface area (Å²) in [5.41, 5.74) is 7.46. The van der Waals surface area contributed by atoms with Gasteiger partial charge in [0.25, 0.3) is 5.91 Å². The van der Waals surface area contributed by atoms with Crippen LogP contribution < -0.4 is 15.8 Å². The maximum atomic E-state index is 13.0. The van der Waals surface area contributed by atoms with E-state index in [4.69, 9.17) is 10.5 Å². The summed E-state index contributed by atoms with van der Waals surface area (Å²) < 4.78 is 5.17. The van der Waals surface area contributed by atoms with Crippen molar-refractivity contribution in [3.05, 3.63) is 36.0 Å². The lowest BCUT2D eigenvalue weighted by atomic mass is 9.96. The number of methoxy groups -OCH3 is 1. The molecule has 1 saturated heterocycles. The molecular weight excluding hydrogens is 346 g/mol. The number of aromatic amines is 1. The number of carbonyl (C=O) groups is 2. The zero-order chi connectivity index (χ0) is 19.2. The summed E-state index contributed by atoms with van der Waals surface area (Å²) in [5.74, 6) is 0.380. The molecule has 0 aliphatic carbocycles. The molecule has 0 bridgehead atoms. The zero-order valence-corrected chi connectivity index (χ0v) is 15.4. The van der Waals surface area contributed by atoms with E-state index in [0.717, 1.165) is 24.2 Å². The third kappa shape index (κ3) is 4.28. The fraction of sp³-hybridized carbons (Fsp3) is 0.421. The topological polar surface area (TPSA) is 113 Å². The molecule has 1 unspecified atom stereocenters. The van der Waals surface area contributed by atoms with Gasteiger partial charge in [-0.1, -0.05) is 0 Å². The summed E-state index contributed by atoms with van der Waals surface area (Å²) in [5, 5.41) is 9.78. The Morgan fingerprint density at radius 1 is 1.37 bits per heavy atom. The van der Waals surface area contributed by atoms with Crippen molar-refractivity contribution in [1.82, 2.24) is 20.4 Å². The van der Waals surface area contributed by atoms with Gasteiger partial charge in [-0.2, -0.15) is 5.10 Å². The molecule has 1 atom stereocenters. The van der Waals surface area contributed by atoms with Crippen LogP contribution in [0.15, 0.2) is 30.5 Å². The molecule has 2 aromatic rings. The molecule has 1 aliphatic rings. The van der Waals surface area contributed by atoms with Gasteiger partial charge in [-0.3, -0.25) is 14.7 Å². The van der Waals surface area contributed by atoms with Gasteiger partial charge < -0.3 is 20.7 Å². The minimum Gasteiger partial charge on any atom is -0.497 e. The van der Waals surface area contributed by atoms with E-state index in [2.05, 4.69) is 15.5 Å². The number of nitrogens with one attached hydrogen (secondary N) is 2. The van der Waals surface area contributed by atoms with Gasteiger partial charge in [0.1, 0.15) is 5.75 Å². The number of H-pyrrole nitrogens is 1. The zero-order valence-electron chi connectivity index (χ0n) is 15.4. The SMILES string of the molecule is COc1ccc(-c2[nH]ncc2C(=O)N2CCCC(C(=O)NCCN)C2)cc1. The van der Waals surface area contributed by atoms with Gasteiger partial charge in [0.05, 0.1) is 30.5 Å². The maximum absolute atomic E-state index is 13.0. The summed E-state index contributed by atoms with van der Waals surface area (Å²) >= 11 is 0. The fourth-order valence-electron chi connectivity index (χ4n) is 3.31. The van der Waals surface area contributed by atoms with Crippen molar-refractivity contribution >= 4 is 11.8 Å². The predicted octanol–water partition coefficient (Wildman–Crippen LogP) is 1.01. The minimum absolute atomic E-state index is 0.0412. The highest BCUT2D eigenvalue weighted by Crippen LogP contribution is 2.26. The first-order chi connectivity index (χ1) is 13.1. The van der Waals surface area contributed by atoms with Crippen LogP contribution in [0.4, 0.5) is 0 Å². The molecule has 1 aromatic carbocycles. The summed E-state index contributed by atoms with van der Waals surface area (Å²) in [4.78, 5) is 27.0. The summed E-state index contributed by atoms with van der Waals surface area (Å²) in [6.07, 6.45) is 3.11. The quantitative estimate of drug-likeness (QED) is 0.701. The molecule has 2 amide bonds. The van der Waals surface area contributed by atoms with E-state index in [1.165, 1.54) is 0 Å². The van der Waals surface area contributed by atoms with Gasteiger partial charge in [-0.25, -0.2) is 0 Å². The first-order valence-electron chi connectivity index (χ1n) is 9.09. The van der Waals surface area contributed by atoms with Crippen molar-refractivity contribution in [2.24, 2.45) is 11.7 Å². The number of likely N-dealkylation sites (tertiary alicyclic amines) is 1. The Bertz CT molecular complexity index is 787. The number of carbonyl (C=O) groups excluding carboxylic acids is 2. The summed E-state index contributed by atoms with van der Waals surface area (Å²) in [6.45, 7) is 1.89. The van der Waals surface area contributed by atoms with E-state index < -0.39 is 0 Å². The standard InChI is InChI=1S/C19H25N5O3/c1-27-15-6-4-13(5-7-15)17-16(11-22-23-17)19(26)24-10-2-3-14(12-24)18(25)21-9-8-20/h4-7,11,14H,2-3,8-10,12,20H2,1H3,(H,21,25)(H,22,23). The third-order valence-corrected chi connectivity index (χ3v) is 4.77. The van der Waals surface area contributed by atoms with Gasteiger partial charge >= 0.3 is 0 Å². The molecule has 1 fully saturated rings. The van der Waals surface area contributed by atoms with Crippen molar-refractivity contribution in [1.29, 1.82) is 0 Å². The van der Waals surface area contributed by atoms with Gasteiger partial charge in [0, 0.05) is 31.7 Å². The number of aromatic nitrogens is 2. The molecule has 4 N–H and O–H groups in total. The fourth-order valence-corrected chi connectivity index (χ4v) is 3.31. The Balaban J connectivity index is 1.74. The normalized spacial score (nSPS) is 16.8. The Kier molecular flexibility index (Phi) is 6.08. The molecular formula is C19H25N5O3. The minimum atomic E-state index is -0.203. The molecule has 144 valence electrons. The Hall–Kier alpha value is -2.87. The van der Waals surface area contributed by atoms with E-state index >= 15 is 0 Å². The van der Waals surface area contributed by atoms with E-state index in [1.807, 2.05) is 24.3 Å². The van der Waals surface area contributed by atoms with Crippen LogP contribution >= 0.6 is 0 Å². The maximum Gasteiger partial charge on any atom is 0.257 e. The molecule has 3 rings (SSSR count). The molecule has 1 aromatic heterocycles. The Morgan fingerprint density at radius 2 is 2.15 bits per heavy atom. The molecule has 8 heteroatoms. The highest BCUT2D eigenvalue weighted by molar-refractivity contribution is 6.00. The van der Waals surface area contributed by atoms with Gasteiger partial charge in [-0.05, 0) is 37.1 Å². The molecule has 1 aliphatic heterocycles. The first-order valence-corrected chi connectivity index (χ1v) is 9.09. The third-order valence-electron chi connectivity index (χ3n) is 4.77. The second-order valence-electron chi connectivity index (χ2n) is 6.56. The van der Waals surface area contributed by atoms with Crippen molar-refractivity contribution in [2.75, 3.05) is 33.3 Å². The number of amides is 2. The lowest BCUT2D eigenvalue weighted by molar-refractivity contribution is -0.126. The molecule has 27 heavy (non-hydrogen) atoms. The van der Waals surface area contributed by atoms with Crippen molar-refractivity contribution in [3.8, 4) is 17.0 Å². The molecule has 0 radical (unpaired) electrons. The number of nitrogens with two attached hydrogens (primary N) is 1. The van der Waals surface area contributed by atoms with Crippen LogP contribution in [0.2, 0.25) is 0 Å². The summed E-state index contributed by atoms with van der Waals surface area (Å²) in [7, 11) is 1.61. The van der Waals surface area contributed by atoms with Crippen molar-refractivity contribution < 1.29 is 14.3 Å². The van der Waals surface area contributed by atoms with Crippen LogP contribution in [0.3, 0.4) is 0 Å². The van der Waals surface area contributed by atoms with Crippen LogP contribution in [0.25, 0.3) is 11.3 Å². The predicted molar refractivity (Wildman–Crippen MR) is 101 cm³/mol. The van der Waals surface area contributed by atoms with Gasteiger partial charge in [0.2, 0.25) is 5.91 Å². The number of hydrogen-bond acceptors (Lipinski definition) is 5. The van der Waals surface area contributed by atoms with E-state index in [0.29, 0.717) is 37.4 Å².